The van der Waals surface area contributed by atoms with Crippen molar-refractivity contribution in [2.24, 2.45) is 0 Å². The number of methoxy groups -OCH3 is 1. The number of halogens is 1. The molecule has 5 nitrogen and oxygen atoms in total. The molecule has 0 radical (unpaired) electrons. The van der Waals surface area contributed by atoms with E-state index in [-0.39, 0.29) is 18.6 Å². The van der Waals surface area contributed by atoms with E-state index in [0.717, 1.165) is 40.9 Å². The molecule has 0 N–H and O–H groups in total. The SMILES string of the molecule is CCN1CCc2cc3c(c(OC)c2C1CC(=O)Cc1ccc(Br)cc1)OCO3. The second-order valence-electron chi connectivity index (χ2n) is 7.16. The standard InChI is InChI=1S/C22H24BrNO4/c1-3-24-9-8-15-11-19-21(28-13-27-19)22(26-2)20(15)18(24)12-17(25)10-14-4-6-16(23)7-5-14/h4-7,11,18H,3,8-10,12-13H2,1-2H3. The summed E-state index contributed by atoms with van der Waals surface area (Å²) in [5.41, 5.74) is 3.29. The fraction of sp³-hybridized carbons (Fsp3) is 0.409. The summed E-state index contributed by atoms with van der Waals surface area (Å²) in [6.45, 7) is 4.14. The Labute approximate surface area is 173 Å². The lowest BCUT2D eigenvalue weighted by molar-refractivity contribution is -0.119. The van der Waals surface area contributed by atoms with Gasteiger partial charge in [0.2, 0.25) is 12.5 Å². The molecule has 0 spiro atoms. The number of ether oxygens (including phenoxy) is 3. The van der Waals surface area contributed by atoms with E-state index >= 15 is 0 Å². The van der Waals surface area contributed by atoms with Crippen LogP contribution in [0.15, 0.2) is 34.8 Å². The van der Waals surface area contributed by atoms with Crippen LogP contribution >= 0.6 is 15.9 Å². The summed E-state index contributed by atoms with van der Waals surface area (Å²) in [5, 5.41) is 0. The Bertz CT molecular complexity index is 881. The molecule has 2 aliphatic rings. The Morgan fingerprint density at radius 2 is 2.07 bits per heavy atom. The molecule has 2 aromatic carbocycles. The topological polar surface area (TPSA) is 48.0 Å². The summed E-state index contributed by atoms with van der Waals surface area (Å²) >= 11 is 3.44. The van der Waals surface area contributed by atoms with Crippen molar-refractivity contribution in [1.29, 1.82) is 0 Å². The minimum Gasteiger partial charge on any atom is -0.492 e. The van der Waals surface area contributed by atoms with Gasteiger partial charge in [-0.3, -0.25) is 9.69 Å². The molecule has 6 heteroatoms. The minimum absolute atomic E-state index is 0.0128. The van der Waals surface area contributed by atoms with Gasteiger partial charge in [-0.25, -0.2) is 0 Å². The lowest BCUT2D eigenvalue weighted by atomic mass is 9.87. The molecule has 0 saturated heterocycles. The van der Waals surface area contributed by atoms with E-state index in [4.69, 9.17) is 14.2 Å². The summed E-state index contributed by atoms with van der Waals surface area (Å²) in [4.78, 5) is 15.3. The Kier molecular flexibility index (Phi) is 5.60. The van der Waals surface area contributed by atoms with Crippen LogP contribution in [0.1, 0.15) is 36.1 Å². The van der Waals surface area contributed by atoms with Gasteiger partial charge in [0.25, 0.3) is 0 Å². The average Bonchev–Trinajstić information content (AvgIpc) is 3.16. The summed E-state index contributed by atoms with van der Waals surface area (Å²) in [6.07, 6.45) is 1.80. The first-order valence-electron chi connectivity index (χ1n) is 9.60. The Balaban J connectivity index is 1.64. The van der Waals surface area contributed by atoms with Gasteiger partial charge in [-0.05, 0) is 42.3 Å². The summed E-state index contributed by atoms with van der Waals surface area (Å²) in [6, 6.07) is 9.97. The largest absolute Gasteiger partial charge is 0.492 e. The van der Waals surface area contributed by atoms with Crippen molar-refractivity contribution >= 4 is 21.7 Å². The number of likely N-dealkylation sites (N-methyl/N-ethyl adjacent to an activating group) is 1. The number of carbonyl (C=O) groups excluding carboxylic acids is 1. The van der Waals surface area contributed by atoms with Gasteiger partial charge in [-0.2, -0.15) is 0 Å². The highest BCUT2D eigenvalue weighted by atomic mass is 79.9. The van der Waals surface area contributed by atoms with Gasteiger partial charge >= 0.3 is 0 Å². The lowest BCUT2D eigenvalue weighted by Gasteiger charge is -2.37. The number of nitrogens with zero attached hydrogens (tertiary/aromatic N) is 1. The molecule has 0 aliphatic carbocycles. The Hall–Kier alpha value is -2.05. The van der Waals surface area contributed by atoms with Crippen molar-refractivity contribution in [2.45, 2.75) is 32.2 Å². The maximum atomic E-state index is 12.9. The highest BCUT2D eigenvalue weighted by molar-refractivity contribution is 9.10. The molecule has 148 valence electrons. The third-order valence-electron chi connectivity index (χ3n) is 5.53. The number of hydrogen-bond acceptors (Lipinski definition) is 5. The van der Waals surface area contributed by atoms with E-state index in [1.54, 1.807) is 7.11 Å². The maximum Gasteiger partial charge on any atom is 0.231 e. The first-order chi connectivity index (χ1) is 13.6. The molecular formula is C22H24BrNO4. The van der Waals surface area contributed by atoms with Crippen molar-refractivity contribution in [3.05, 3.63) is 51.5 Å². The third-order valence-corrected chi connectivity index (χ3v) is 6.06. The van der Waals surface area contributed by atoms with E-state index in [1.807, 2.05) is 24.3 Å². The van der Waals surface area contributed by atoms with Gasteiger partial charge < -0.3 is 14.2 Å². The highest BCUT2D eigenvalue weighted by Crippen LogP contribution is 2.50. The van der Waals surface area contributed by atoms with Crippen molar-refractivity contribution in [3.63, 3.8) is 0 Å². The fourth-order valence-electron chi connectivity index (χ4n) is 4.18. The van der Waals surface area contributed by atoms with Crippen LogP contribution in [-0.2, 0) is 17.6 Å². The van der Waals surface area contributed by atoms with Crippen LogP contribution in [-0.4, -0.2) is 37.7 Å². The molecule has 0 amide bonds. The van der Waals surface area contributed by atoms with Gasteiger partial charge in [-0.15, -0.1) is 0 Å². The van der Waals surface area contributed by atoms with Gasteiger partial charge in [0.1, 0.15) is 5.78 Å². The zero-order valence-electron chi connectivity index (χ0n) is 16.2. The normalized spacial score (nSPS) is 18.0. The second kappa shape index (κ2) is 8.13. The monoisotopic (exact) mass is 445 g/mol. The lowest BCUT2D eigenvalue weighted by Crippen LogP contribution is -2.37. The zero-order chi connectivity index (χ0) is 19.7. The number of hydrogen-bond donors (Lipinski definition) is 0. The zero-order valence-corrected chi connectivity index (χ0v) is 17.8. The Morgan fingerprint density at radius 1 is 1.29 bits per heavy atom. The van der Waals surface area contributed by atoms with Gasteiger partial charge in [0.05, 0.1) is 7.11 Å². The molecule has 0 saturated carbocycles. The smallest absolute Gasteiger partial charge is 0.231 e. The summed E-state index contributed by atoms with van der Waals surface area (Å²) in [7, 11) is 1.66. The molecule has 4 rings (SSSR count). The van der Waals surface area contributed by atoms with Crippen molar-refractivity contribution in [2.75, 3.05) is 27.0 Å². The number of benzene rings is 2. The average molecular weight is 446 g/mol. The Morgan fingerprint density at radius 3 is 2.79 bits per heavy atom. The van der Waals surface area contributed by atoms with Crippen LogP contribution in [0.2, 0.25) is 0 Å². The molecule has 1 atom stereocenters. The quantitative estimate of drug-likeness (QED) is 0.662. The van der Waals surface area contributed by atoms with Gasteiger partial charge in [-0.1, -0.05) is 35.0 Å². The maximum absolute atomic E-state index is 12.9. The van der Waals surface area contributed by atoms with Crippen LogP contribution < -0.4 is 14.2 Å². The molecule has 0 bridgehead atoms. The first-order valence-corrected chi connectivity index (χ1v) is 10.4. The van der Waals surface area contributed by atoms with Gasteiger partial charge in [0.15, 0.2) is 11.5 Å². The number of Topliss-reactive ketones (excluding diaryl/α,β-unsaturated/α-hetero) is 1. The molecular weight excluding hydrogens is 422 g/mol. The minimum atomic E-state index is -0.0128. The van der Waals surface area contributed by atoms with E-state index in [0.29, 0.717) is 24.3 Å². The van der Waals surface area contributed by atoms with E-state index in [2.05, 4.69) is 33.8 Å². The van der Waals surface area contributed by atoms with Crippen molar-refractivity contribution in [1.82, 2.24) is 4.90 Å². The fourth-order valence-corrected chi connectivity index (χ4v) is 4.45. The molecule has 0 aromatic heterocycles. The number of ketones is 1. The van der Waals surface area contributed by atoms with Gasteiger partial charge in [0, 0.05) is 35.5 Å². The van der Waals surface area contributed by atoms with E-state index in [1.165, 1.54) is 5.56 Å². The molecule has 2 aromatic rings. The van der Waals surface area contributed by atoms with Crippen molar-refractivity contribution in [3.8, 4) is 17.2 Å². The van der Waals surface area contributed by atoms with Crippen LogP contribution in [0.3, 0.4) is 0 Å². The molecule has 2 heterocycles. The van der Waals surface area contributed by atoms with E-state index in [9.17, 15) is 4.79 Å². The second-order valence-corrected chi connectivity index (χ2v) is 8.07. The first kappa shape index (κ1) is 19.3. The van der Waals surface area contributed by atoms with Crippen molar-refractivity contribution < 1.29 is 19.0 Å². The van der Waals surface area contributed by atoms with Crippen LogP contribution in [0.25, 0.3) is 0 Å². The molecule has 28 heavy (non-hydrogen) atoms. The van der Waals surface area contributed by atoms with E-state index < -0.39 is 0 Å². The number of carbonyl (C=O) groups is 1. The summed E-state index contributed by atoms with van der Waals surface area (Å²) in [5.74, 6) is 2.33. The highest BCUT2D eigenvalue weighted by Gasteiger charge is 2.35. The predicted molar refractivity (Wildman–Crippen MR) is 110 cm³/mol. The number of fused-ring (bicyclic) bond motifs is 2. The number of rotatable bonds is 6. The molecule has 2 aliphatic heterocycles. The molecule has 1 unspecified atom stereocenters. The summed E-state index contributed by atoms with van der Waals surface area (Å²) < 4.78 is 18.0. The van der Waals surface area contributed by atoms with Crippen LogP contribution in [0.4, 0.5) is 0 Å². The van der Waals surface area contributed by atoms with Crippen LogP contribution in [0.5, 0.6) is 17.2 Å². The molecule has 0 fully saturated rings. The van der Waals surface area contributed by atoms with Crippen LogP contribution in [0, 0.1) is 0 Å². The predicted octanol–water partition coefficient (Wildman–Crippen LogP) is 4.31. The third kappa shape index (κ3) is 3.63.